The van der Waals surface area contributed by atoms with Gasteiger partial charge in [-0.05, 0) is 43.8 Å². The van der Waals surface area contributed by atoms with Crippen LogP contribution < -0.4 is 5.32 Å². The lowest BCUT2D eigenvalue weighted by molar-refractivity contribution is 0.103. The fourth-order valence-corrected chi connectivity index (χ4v) is 3.26. The summed E-state index contributed by atoms with van der Waals surface area (Å²) in [6.07, 6.45) is 0. The molecule has 0 spiro atoms. The van der Waals surface area contributed by atoms with Gasteiger partial charge in [-0.3, -0.25) is 9.89 Å². The molecular formula is C11H11Br2N3OS. The lowest BCUT2D eigenvalue weighted by atomic mass is 10.1. The number of hydrogen-bond acceptors (Lipinski definition) is 3. The van der Waals surface area contributed by atoms with Crippen LogP contribution in [0.2, 0.25) is 0 Å². The van der Waals surface area contributed by atoms with Crippen molar-refractivity contribution >= 4 is 54.9 Å². The summed E-state index contributed by atoms with van der Waals surface area (Å²) in [5.41, 5.74) is 0.999. The van der Waals surface area contributed by atoms with Crippen LogP contribution in [-0.4, -0.2) is 16.1 Å². The van der Waals surface area contributed by atoms with Crippen molar-refractivity contribution in [2.24, 2.45) is 0 Å². The minimum atomic E-state index is -0.159. The Labute approximate surface area is 125 Å². The summed E-state index contributed by atoms with van der Waals surface area (Å²) in [5, 5.41) is 9.72. The van der Waals surface area contributed by atoms with Gasteiger partial charge in [0.15, 0.2) is 5.82 Å². The molecule has 2 aromatic rings. The molecule has 0 radical (unpaired) electrons. The van der Waals surface area contributed by atoms with Crippen LogP contribution in [0.1, 0.15) is 35.1 Å². The standard InChI is InChI=1S/C11H11Br2N3OS/c1-5(2)7-4-9(16-15-7)14-11(17)8-3-6(12)10(13)18-8/h3-5H,1-2H3,(H2,14,15,16,17). The first-order chi connectivity index (χ1) is 8.47. The van der Waals surface area contributed by atoms with Gasteiger partial charge in [0.2, 0.25) is 0 Å². The number of thiophene rings is 1. The number of nitrogens with one attached hydrogen (secondary N) is 2. The summed E-state index contributed by atoms with van der Waals surface area (Å²) in [5.74, 6) is 0.741. The summed E-state index contributed by atoms with van der Waals surface area (Å²) in [7, 11) is 0. The Hall–Kier alpha value is -0.660. The van der Waals surface area contributed by atoms with Crippen LogP contribution >= 0.6 is 43.2 Å². The van der Waals surface area contributed by atoms with E-state index in [0.29, 0.717) is 16.6 Å². The van der Waals surface area contributed by atoms with Gasteiger partial charge in [0.05, 0.1) is 8.66 Å². The van der Waals surface area contributed by atoms with E-state index in [2.05, 4.69) is 61.2 Å². The van der Waals surface area contributed by atoms with Crippen molar-refractivity contribution in [2.45, 2.75) is 19.8 Å². The number of amides is 1. The number of rotatable bonds is 3. The van der Waals surface area contributed by atoms with Gasteiger partial charge in [0.25, 0.3) is 5.91 Å². The smallest absolute Gasteiger partial charge is 0.267 e. The van der Waals surface area contributed by atoms with E-state index in [1.54, 1.807) is 6.07 Å². The van der Waals surface area contributed by atoms with E-state index < -0.39 is 0 Å². The largest absolute Gasteiger partial charge is 0.304 e. The molecule has 0 aliphatic carbocycles. The highest BCUT2D eigenvalue weighted by atomic mass is 79.9. The van der Waals surface area contributed by atoms with E-state index in [-0.39, 0.29) is 5.91 Å². The van der Waals surface area contributed by atoms with Crippen LogP contribution in [0, 0.1) is 0 Å². The predicted octanol–water partition coefficient (Wildman–Crippen LogP) is 4.37. The lowest BCUT2D eigenvalue weighted by Crippen LogP contribution is -2.10. The minimum absolute atomic E-state index is 0.159. The zero-order valence-electron chi connectivity index (χ0n) is 9.75. The molecule has 18 heavy (non-hydrogen) atoms. The van der Waals surface area contributed by atoms with Crippen LogP contribution in [0.3, 0.4) is 0 Å². The maximum absolute atomic E-state index is 12.0. The van der Waals surface area contributed by atoms with Crippen molar-refractivity contribution in [1.29, 1.82) is 0 Å². The van der Waals surface area contributed by atoms with Gasteiger partial charge in [0, 0.05) is 16.2 Å². The van der Waals surface area contributed by atoms with E-state index in [1.165, 1.54) is 11.3 Å². The molecule has 2 rings (SSSR count). The summed E-state index contributed by atoms with van der Waals surface area (Å²) in [6.45, 7) is 4.12. The fourth-order valence-electron chi connectivity index (χ4n) is 1.33. The molecule has 4 nitrogen and oxygen atoms in total. The number of carbonyl (C=O) groups excluding carboxylic acids is 1. The molecular weight excluding hydrogens is 382 g/mol. The minimum Gasteiger partial charge on any atom is -0.304 e. The molecule has 0 unspecified atom stereocenters. The maximum atomic E-state index is 12.0. The van der Waals surface area contributed by atoms with Gasteiger partial charge in [-0.15, -0.1) is 11.3 Å². The quantitative estimate of drug-likeness (QED) is 0.814. The number of hydrogen-bond donors (Lipinski definition) is 2. The third kappa shape index (κ3) is 3.02. The van der Waals surface area contributed by atoms with Crippen molar-refractivity contribution in [3.63, 3.8) is 0 Å². The third-order valence-corrected chi connectivity index (χ3v) is 5.59. The molecule has 0 bridgehead atoms. The fraction of sp³-hybridized carbons (Fsp3) is 0.273. The van der Waals surface area contributed by atoms with Crippen molar-refractivity contribution in [2.75, 3.05) is 5.32 Å². The Morgan fingerprint density at radius 3 is 2.67 bits per heavy atom. The van der Waals surface area contributed by atoms with Gasteiger partial charge in [0.1, 0.15) is 0 Å². The maximum Gasteiger partial charge on any atom is 0.267 e. The molecule has 7 heteroatoms. The first-order valence-electron chi connectivity index (χ1n) is 5.29. The first kappa shape index (κ1) is 13.8. The molecule has 1 amide bonds. The number of carbonyl (C=O) groups is 1. The van der Waals surface area contributed by atoms with Crippen molar-refractivity contribution in [3.05, 3.63) is 31.0 Å². The average Bonchev–Trinajstić information content (AvgIpc) is 2.87. The number of halogens is 2. The van der Waals surface area contributed by atoms with Crippen molar-refractivity contribution < 1.29 is 4.79 Å². The highest BCUT2D eigenvalue weighted by molar-refractivity contribution is 9.13. The Bertz CT molecular complexity index is 557. The highest BCUT2D eigenvalue weighted by Gasteiger charge is 2.14. The topological polar surface area (TPSA) is 57.8 Å². The SMILES string of the molecule is CC(C)c1cc(NC(=O)c2cc(Br)c(Br)s2)n[nH]1. The molecule has 2 N–H and O–H groups in total. The molecule has 0 fully saturated rings. The second-order valence-corrected chi connectivity index (χ2v) is 7.27. The van der Waals surface area contributed by atoms with Crippen LogP contribution in [0.4, 0.5) is 5.82 Å². The Morgan fingerprint density at radius 1 is 1.44 bits per heavy atom. The summed E-state index contributed by atoms with van der Waals surface area (Å²) >= 11 is 8.09. The first-order valence-corrected chi connectivity index (χ1v) is 7.69. The summed E-state index contributed by atoms with van der Waals surface area (Å²) < 4.78 is 1.78. The number of nitrogens with zero attached hydrogens (tertiary/aromatic N) is 1. The Kier molecular flexibility index (Phi) is 4.24. The van der Waals surface area contributed by atoms with Crippen LogP contribution in [0.25, 0.3) is 0 Å². The average molecular weight is 393 g/mol. The molecule has 96 valence electrons. The van der Waals surface area contributed by atoms with Gasteiger partial charge in [-0.25, -0.2) is 0 Å². The highest BCUT2D eigenvalue weighted by Crippen LogP contribution is 2.32. The monoisotopic (exact) mass is 391 g/mol. The Morgan fingerprint density at radius 2 is 2.17 bits per heavy atom. The number of aromatic nitrogens is 2. The Balaban J connectivity index is 2.11. The number of anilines is 1. The van der Waals surface area contributed by atoms with Crippen LogP contribution in [-0.2, 0) is 0 Å². The van der Waals surface area contributed by atoms with E-state index in [9.17, 15) is 4.79 Å². The molecule has 0 aliphatic rings. The van der Waals surface area contributed by atoms with Crippen LogP contribution in [0.15, 0.2) is 20.4 Å². The second-order valence-electron chi connectivity index (χ2n) is 4.05. The number of aromatic amines is 1. The van der Waals surface area contributed by atoms with E-state index >= 15 is 0 Å². The van der Waals surface area contributed by atoms with Gasteiger partial charge >= 0.3 is 0 Å². The lowest BCUT2D eigenvalue weighted by Gasteiger charge is -1.98. The van der Waals surface area contributed by atoms with Gasteiger partial charge in [-0.2, -0.15) is 5.10 Å². The van der Waals surface area contributed by atoms with Gasteiger partial charge in [-0.1, -0.05) is 13.8 Å². The normalized spacial score (nSPS) is 10.9. The van der Waals surface area contributed by atoms with E-state index in [1.807, 2.05) is 6.07 Å². The molecule has 0 aliphatic heterocycles. The zero-order chi connectivity index (χ0) is 13.3. The molecule has 0 aromatic carbocycles. The van der Waals surface area contributed by atoms with Crippen molar-refractivity contribution in [1.82, 2.24) is 10.2 Å². The zero-order valence-corrected chi connectivity index (χ0v) is 13.7. The molecule has 2 aromatic heterocycles. The van der Waals surface area contributed by atoms with E-state index in [4.69, 9.17) is 0 Å². The summed E-state index contributed by atoms with van der Waals surface area (Å²) in [4.78, 5) is 12.6. The molecule has 0 saturated heterocycles. The van der Waals surface area contributed by atoms with Crippen LogP contribution in [0.5, 0.6) is 0 Å². The molecule has 2 heterocycles. The molecule has 0 atom stereocenters. The van der Waals surface area contributed by atoms with E-state index in [0.717, 1.165) is 14.0 Å². The van der Waals surface area contributed by atoms with Crippen molar-refractivity contribution in [3.8, 4) is 0 Å². The van der Waals surface area contributed by atoms with Gasteiger partial charge < -0.3 is 5.32 Å². The second kappa shape index (κ2) is 5.54. The molecule has 0 saturated carbocycles. The predicted molar refractivity (Wildman–Crippen MR) is 80.3 cm³/mol. The number of H-pyrrole nitrogens is 1. The summed E-state index contributed by atoms with van der Waals surface area (Å²) in [6, 6.07) is 3.63. The third-order valence-electron chi connectivity index (χ3n) is 2.33.